The van der Waals surface area contributed by atoms with E-state index >= 15 is 0 Å². The molecule has 0 spiro atoms. The van der Waals surface area contributed by atoms with Gasteiger partial charge in [0.05, 0.1) is 0 Å². The van der Waals surface area contributed by atoms with E-state index < -0.39 is 0 Å². The van der Waals surface area contributed by atoms with Gasteiger partial charge in [0.15, 0.2) is 5.96 Å². The predicted molar refractivity (Wildman–Crippen MR) is 94.1 cm³/mol. The van der Waals surface area contributed by atoms with Crippen LogP contribution in [0.4, 0.5) is 5.69 Å². The zero-order valence-corrected chi connectivity index (χ0v) is 14.7. The molecule has 0 aromatic heterocycles. The summed E-state index contributed by atoms with van der Waals surface area (Å²) < 4.78 is 1.12. The molecule has 1 aliphatic rings. The largest absolute Gasteiger partial charge is 0.369 e. The van der Waals surface area contributed by atoms with E-state index in [1.807, 2.05) is 7.05 Å². The molecule has 1 fully saturated rings. The van der Waals surface area contributed by atoms with Crippen LogP contribution in [0.2, 0.25) is 0 Å². The van der Waals surface area contributed by atoms with E-state index in [1.54, 1.807) is 0 Å². The highest BCUT2D eigenvalue weighted by atomic mass is 79.9. The molecule has 1 aromatic carbocycles. The average molecular weight is 353 g/mol. The van der Waals surface area contributed by atoms with Crippen LogP contribution in [0, 0.1) is 5.92 Å². The molecule has 1 atom stereocenters. The lowest BCUT2D eigenvalue weighted by Gasteiger charge is -2.21. The molecule has 1 unspecified atom stereocenters. The van der Waals surface area contributed by atoms with Crippen LogP contribution in [0.15, 0.2) is 33.7 Å². The number of benzene rings is 1. The number of hydrogen-bond donors (Lipinski definition) is 2. The lowest BCUT2D eigenvalue weighted by atomic mass is 10.2. The molecule has 0 radical (unpaired) electrons. The van der Waals surface area contributed by atoms with E-state index in [4.69, 9.17) is 0 Å². The van der Waals surface area contributed by atoms with E-state index in [-0.39, 0.29) is 0 Å². The van der Waals surface area contributed by atoms with E-state index in [1.165, 1.54) is 5.69 Å². The summed E-state index contributed by atoms with van der Waals surface area (Å²) in [5.74, 6) is 1.53. The van der Waals surface area contributed by atoms with Gasteiger partial charge in [-0.25, -0.2) is 0 Å². The van der Waals surface area contributed by atoms with Crippen LogP contribution in [-0.4, -0.2) is 38.7 Å². The number of nitrogens with zero attached hydrogens (tertiary/aromatic N) is 2. The topological polar surface area (TPSA) is 39.7 Å². The van der Waals surface area contributed by atoms with Crippen molar-refractivity contribution in [3.8, 4) is 0 Å². The molecular weight excluding hydrogens is 328 g/mol. The Hall–Kier alpha value is -1.23. The second kappa shape index (κ2) is 7.69. The highest BCUT2D eigenvalue weighted by Crippen LogP contribution is 2.22. The Morgan fingerprint density at radius 1 is 1.38 bits per heavy atom. The normalized spacial score (nSPS) is 19.2. The van der Waals surface area contributed by atoms with Crippen molar-refractivity contribution in [1.82, 2.24) is 10.6 Å². The standard InChI is InChI=1S/C16H25BrN4/c1-12(2)10-19-16(18-3)20-14-8-9-21(11-14)15-6-4-13(17)5-7-15/h4-7,12,14H,8-11H2,1-3H3,(H2,18,19,20). The van der Waals surface area contributed by atoms with Crippen LogP contribution in [-0.2, 0) is 0 Å². The highest BCUT2D eigenvalue weighted by molar-refractivity contribution is 9.10. The summed E-state index contributed by atoms with van der Waals surface area (Å²) in [6, 6.07) is 8.97. The van der Waals surface area contributed by atoms with Crippen LogP contribution >= 0.6 is 15.9 Å². The summed E-state index contributed by atoms with van der Waals surface area (Å²) in [5, 5.41) is 6.89. The van der Waals surface area contributed by atoms with Gasteiger partial charge >= 0.3 is 0 Å². The van der Waals surface area contributed by atoms with Gasteiger partial charge in [0.25, 0.3) is 0 Å². The number of nitrogens with one attached hydrogen (secondary N) is 2. The van der Waals surface area contributed by atoms with Crippen LogP contribution < -0.4 is 15.5 Å². The number of guanidine groups is 1. The Morgan fingerprint density at radius 2 is 2.10 bits per heavy atom. The Morgan fingerprint density at radius 3 is 2.71 bits per heavy atom. The van der Waals surface area contributed by atoms with Crippen molar-refractivity contribution in [3.63, 3.8) is 0 Å². The Kier molecular flexibility index (Phi) is 5.91. The average Bonchev–Trinajstić information content (AvgIpc) is 2.92. The Labute approximate surface area is 136 Å². The van der Waals surface area contributed by atoms with Crippen molar-refractivity contribution in [2.75, 3.05) is 31.6 Å². The first-order valence-corrected chi connectivity index (χ1v) is 8.35. The molecule has 5 heteroatoms. The number of aliphatic imine (C=N–C) groups is 1. The van der Waals surface area contributed by atoms with Crippen molar-refractivity contribution in [2.45, 2.75) is 26.3 Å². The van der Waals surface area contributed by atoms with Crippen LogP contribution in [0.25, 0.3) is 0 Å². The molecule has 4 nitrogen and oxygen atoms in total. The van der Waals surface area contributed by atoms with Crippen molar-refractivity contribution in [3.05, 3.63) is 28.7 Å². The third kappa shape index (κ3) is 4.92. The van der Waals surface area contributed by atoms with Gasteiger partial charge in [0.2, 0.25) is 0 Å². The van der Waals surface area contributed by atoms with Gasteiger partial charge < -0.3 is 15.5 Å². The molecule has 0 aliphatic carbocycles. The summed E-state index contributed by atoms with van der Waals surface area (Å²) in [7, 11) is 1.83. The predicted octanol–water partition coefficient (Wildman–Crippen LogP) is 2.85. The lowest BCUT2D eigenvalue weighted by Crippen LogP contribution is -2.45. The molecule has 1 heterocycles. The molecule has 0 amide bonds. The van der Waals surface area contributed by atoms with Crippen LogP contribution in [0.5, 0.6) is 0 Å². The lowest BCUT2D eigenvalue weighted by molar-refractivity contribution is 0.595. The van der Waals surface area contributed by atoms with Gasteiger partial charge in [-0.1, -0.05) is 29.8 Å². The second-order valence-electron chi connectivity index (χ2n) is 5.90. The third-order valence-electron chi connectivity index (χ3n) is 3.62. The smallest absolute Gasteiger partial charge is 0.191 e. The molecular formula is C16H25BrN4. The fraction of sp³-hybridized carbons (Fsp3) is 0.562. The summed E-state index contributed by atoms with van der Waals surface area (Å²) >= 11 is 3.48. The minimum atomic E-state index is 0.451. The highest BCUT2D eigenvalue weighted by Gasteiger charge is 2.23. The molecule has 2 N–H and O–H groups in total. The summed E-state index contributed by atoms with van der Waals surface area (Å²) in [5.41, 5.74) is 1.28. The maximum atomic E-state index is 4.30. The molecule has 0 saturated carbocycles. The van der Waals surface area contributed by atoms with Gasteiger partial charge in [-0.3, -0.25) is 4.99 Å². The molecule has 1 saturated heterocycles. The molecule has 1 aliphatic heterocycles. The SMILES string of the molecule is CN=C(NCC(C)C)NC1CCN(c2ccc(Br)cc2)C1. The molecule has 1 aromatic rings. The first-order chi connectivity index (χ1) is 10.1. The van der Waals surface area contributed by atoms with Crippen LogP contribution in [0.3, 0.4) is 0 Å². The molecule has 0 bridgehead atoms. The third-order valence-corrected chi connectivity index (χ3v) is 4.15. The second-order valence-corrected chi connectivity index (χ2v) is 6.82. The minimum Gasteiger partial charge on any atom is -0.369 e. The fourth-order valence-corrected chi connectivity index (χ4v) is 2.72. The van der Waals surface area contributed by atoms with E-state index in [0.29, 0.717) is 12.0 Å². The Bertz CT molecular complexity index is 470. The van der Waals surface area contributed by atoms with Gasteiger partial charge in [0.1, 0.15) is 0 Å². The van der Waals surface area contributed by atoms with E-state index in [2.05, 4.69) is 74.6 Å². The van der Waals surface area contributed by atoms with Gasteiger partial charge in [0, 0.05) is 42.9 Å². The van der Waals surface area contributed by atoms with E-state index in [9.17, 15) is 0 Å². The maximum Gasteiger partial charge on any atom is 0.191 e. The first-order valence-electron chi connectivity index (χ1n) is 7.56. The molecule has 21 heavy (non-hydrogen) atoms. The Balaban J connectivity index is 1.85. The van der Waals surface area contributed by atoms with Gasteiger partial charge in [-0.15, -0.1) is 0 Å². The van der Waals surface area contributed by atoms with Crippen molar-refractivity contribution in [1.29, 1.82) is 0 Å². The first kappa shape index (κ1) is 16.1. The van der Waals surface area contributed by atoms with Gasteiger partial charge in [-0.2, -0.15) is 0 Å². The summed E-state index contributed by atoms with van der Waals surface area (Å²) in [6.07, 6.45) is 1.14. The molecule has 116 valence electrons. The van der Waals surface area contributed by atoms with Gasteiger partial charge in [-0.05, 0) is 36.6 Å². The summed E-state index contributed by atoms with van der Waals surface area (Å²) in [6.45, 7) is 7.45. The van der Waals surface area contributed by atoms with Crippen LogP contribution in [0.1, 0.15) is 20.3 Å². The van der Waals surface area contributed by atoms with Crippen molar-refractivity contribution < 1.29 is 0 Å². The maximum absolute atomic E-state index is 4.30. The number of anilines is 1. The zero-order valence-electron chi connectivity index (χ0n) is 13.1. The monoisotopic (exact) mass is 352 g/mol. The fourth-order valence-electron chi connectivity index (χ4n) is 2.45. The number of halogens is 1. The molecule has 2 rings (SSSR count). The quantitative estimate of drug-likeness (QED) is 0.646. The zero-order chi connectivity index (χ0) is 15.2. The van der Waals surface area contributed by atoms with E-state index in [0.717, 1.165) is 36.5 Å². The number of rotatable bonds is 4. The minimum absolute atomic E-state index is 0.451. The summed E-state index contributed by atoms with van der Waals surface area (Å²) in [4.78, 5) is 6.72. The van der Waals surface area contributed by atoms with Crippen molar-refractivity contribution >= 4 is 27.6 Å². The number of hydrogen-bond acceptors (Lipinski definition) is 2. The van der Waals surface area contributed by atoms with Crippen molar-refractivity contribution in [2.24, 2.45) is 10.9 Å².